The molecule has 0 radical (unpaired) electrons. The molecular formula is C18H29N3. The monoisotopic (exact) mass is 287 g/mol. The van der Waals surface area contributed by atoms with Crippen molar-refractivity contribution >= 4 is 0 Å². The SMILES string of the molecule is CCN1CCCC1CN(C)C1(CN)Cc2ccccc2C1. The summed E-state index contributed by atoms with van der Waals surface area (Å²) >= 11 is 0. The molecule has 1 aromatic carbocycles. The Labute approximate surface area is 129 Å². The number of nitrogens with two attached hydrogens (primary N) is 1. The van der Waals surface area contributed by atoms with E-state index in [0.29, 0.717) is 6.04 Å². The third-order valence-electron chi connectivity index (χ3n) is 5.74. The number of hydrogen-bond donors (Lipinski definition) is 1. The van der Waals surface area contributed by atoms with E-state index in [4.69, 9.17) is 5.73 Å². The van der Waals surface area contributed by atoms with Crippen LogP contribution in [0.25, 0.3) is 0 Å². The molecule has 1 saturated heterocycles. The summed E-state index contributed by atoms with van der Waals surface area (Å²) in [6.45, 7) is 6.62. The average Bonchev–Trinajstić information content (AvgIpc) is 3.10. The topological polar surface area (TPSA) is 32.5 Å². The highest BCUT2D eigenvalue weighted by atomic mass is 15.3. The molecule has 1 unspecified atom stereocenters. The van der Waals surface area contributed by atoms with Gasteiger partial charge in [0.1, 0.15) is 0 Å². The predicted octanol–water partition coefficient (Wildman–Crippen LogP) is 1.90. The van der Waals surface area contributed by atoms with E-state index in [0.717, 1.165) is 25.9 Å². The summed E-state index contributed by atoms with van der Waals surface area (Å²) in [6, 6.07) is 9.57. The Morgan fingerprint density at radius 1 is 1.29 bits per heavy atom. The van der Waals surface area contributed by atoms with Crippen LogP contribution in [0.15, 0.2) is 24.3 Å². The first-order valence-corrected chi connectivity index (χ1v) is 8.40. The molecule has 0 aromatic heterocycles. The molecule has 2 aliphatic rings. The van der Waals surface area contributed by atoms with Gasteiger partial charge in [-0.1, -0.05) is 31.2 Å². The summed E-state index contributed by atoms with van der Waals surface area (Å²) in [6.07, 6.45) is 4.90. The van der Waals surface area contributed by atoms with Crippen LogP contribution >= 0.6 is 0 Å². The maximum Gasteiger partial charge on any atom is 0.0409 e. The molecule has 1 fully saturated rings. The predicted molar refractivity (Wildman–Crippen MR) is 88.5 cm³/mol. The number of benzene rings is 1. The van der Waals surface area contributed by atoms with Crippen LogP contribution in [0, 0.1) is 0 Å². The standard InChI is InChI=1S/C18H29N3/c1-3-21-10-6-9-17(21)13-20(2)18(14-19)11-15-7-4-5-8-16(15)12-18/h4-5,7-8,17H,3,6,9-14,19H2,1-2H3. The fourth-order valence-corrected chi connectivity index (χ4v) is 4.27. The van der Waals surface area contributed by atoms with E-state index < -0.39 is 0 Å². The molecule has 2 N–H and O–H groups in total. The molecule has 3 rings (SSSR count). The quantitative estimate of drug-likeness (QED) is 0.898. The Balaban J connectivity index is 1.72. The smallest absolute Gasteiger partial charge is 0.0409 e. The summed E-state index contributed by atoms with van der Waals surface area (Å²) in [7, 11) is 2.28. The van der Waals surface area contributed by atoms with Gasteiger partial charge in [-0.3, -0.25) is 9.80 Å². The van der Waals surface area contributed by atoms with Crippen LogP contribution in [-0.4, -0.2) is 54.6 Å². The maximum absolute atomic E-state index is 6.24. The van der Waals surface area contributed by atoms with Gasteiger partial charge in [0.15, 0.2) is 0 Å². The molecule has 1 aromatic rings. The summed E-state index contributed by atoms with van der Waals surface area (Å²) in [4.78, 5) is 5.19. The van der Waals surface area contributed by atoms with Crippen molar-refractivity contribution in [3.05, 3.63) is 35.4 Å². The first-order valence-electron chi connectivity index (χ1n) is 8.40. The lowest BCUT2D eigenvalue weighted by Gasteiger charge is -2.40. The van der Waals surface area contributed by atoms with Crippen LogP contribution in [0.5, 0.6) is 0 Å². The maximum atomic E-state index is 6.24. The number of rotatable bonds is 5. The van der Waals surface area contributed by atoms with E-state index in [9.17, 15) is 0 Å². The van der Waals surface area contributed by atoms with Gasteiger partial charge in [0, 0.05) is 24.7 Å². The van der Waals surface area contributed by atoms with Gasteiger partial charge < -0.3 is 5.73 Å². The lowest BCUT2D eigenvalue weighted by atomic mass is 9.93. The van der Waals surface area contributed by atoms with Crippen molar-refractivity contribution in [2.45, 2.75) is 44.2 Å². The fraction of sp³-hybridized carbons (Fsp3) is 0.667. The molecule has 1 aliphatic carbocycles. The van der Waals surface area contributed by atoms with E-state index in [-0.39, 0.29) is 5.54 Å². The van der Waals surface area contributed by atoms with E-state index >= 15 is 0 Å². The van der Waals surface area contributed by atoms with Crippen LogP contribution in [0.3, 0.4) is 0 Å². The Kier molecular flexibility index (Phi) is 4.34. The van der Waals surface area contributed by atoms with Crippen molar-refractivity contribution in [2.24, 2.45) is 5.73 Å². The Morgan fingerprint density at radius 2 is 1.95 bits per heavy atom. The largest absolute Gasteiger partial charge is 0.329 e. The molecule has 1 atom stereocenters. The molecule has 1 heterocycles. The Bertz CT molecular complexity index is 460. The van der Waals surface area contributed by atoms with Gasteiger partial charge in [-0.25, -0.2) is 0 Å². The lowest BCUT2D eigenvalue weighted by Crippen LogP contribution is -2.56. The molecule has 0 spiro atoms. The molecule has 21 heavy (non-hydrogen) atoms. The second kappa shape index (κ2) is 6.07. The van der Waals surface area contributed by atoms with Crippen molar-refractivity contribution in [2.75, 3.05) is 33.2 Å². The van der Waals surface area contributed by atoms with Crippen molar-refractivity contribution in [1.82, 2.24) is 9.80 Å². The fourth-order valence-electron chi connectivity index (χ4n) is 4.27. The molecule has 0 amide bonds. The Morgan fingerprint density at radius 3 is 2.52 bits per heavy atom. The van der Waals surface area contributed by atoms with Crippen LogP contribution in [0.2, 0.25) is 0 Å². The van der Waals surface area contributed by atoms with Gasteiger partial charge in [-0.05, 0) is 56.9 Å². The highest BCUT2D eigenvalue weighted by Gasteiger charge is 2.40. The molecule has 3 heteroatoms. The second-order valence-corrected chi connectivity index (χ2v) is 6.86. The first kappa shape index (κ1) is 15.0. The molecule has 116 valence electrons. The number of fused-ring (bicyclic) bond motifs is 1. The molecular weight excluding hydrogens is 258 g/mol. The summed E-state index contributed by atoms with van der Waals surface area (Å²) in [5, 5.41) is 0. The summed E-state index contributed by atoms with van der Waals surface area (Å²) in [5.41, 5.74) is 9.35. The van der Waals surface area contributed by atoms with Crippen molar-refractivity contribution < 1.29 is 0 Å². The third-order valence-corrected chi connectivity index (χ3v) is 5.74. The zero-order chi connectivity index (χ0) is 14.9. The minimum Gasteiger partial charge on any atom is -0.329 e. The van der Waals surface area contributed by atoms with Crippen molar-refractivity contribution in [3.8, 4) is 0 Å². The Hall–Kier alpha value is -0.900. The van der Waals surface area contributed by atoms with Crippen molar-refractivity contribution in [3.63, 3.8) is 0 Å². The van der Waals surface area contributed by atoms with Gasteiger partial charge in [0.2, 0.25) is 0 Å². The van der Waals surface area contributed by atoms with Gasteiger partial charge in [0.25, 0.3) is 0 Å². The minimum absolute atomic E-state index is 0.131. The van der Waals surface area contributed by atoms with E-state index in [2.05, 4.69) is 48.0 Å². The average molecular weight is 287 g/mol. The van der Waals surface area contributed by atoms with Crippen molar-refractivity contribution in [1.29, 1.82) is 0 Å². The van der Waals surface area contributed by atoms with Crippen LogP contribution < -0.4 is 5.73 Å². The van der Waals surface area contributed by atoms with Crippen LogP contribution in [0.4, 0.5) is 0 Å². The minimum atomic E-state index is 0.131. The van der Waals surface area contributed by atoms with Gasteiger partial charge in [0.05, 0.1) is 0 Å². The van der Waals surface area contributed by atoms with Crippen LogP contribution in [-0.2, 0) is 12.8 Å². The number of hydrogen-bond acceptors (Lipinski definition) is 3. The lowest BCUT2D eigenvalue weighted by molar-refractivity contribution is 0.0975. The van der Waals surface area contributed by atoms with E-state index in [1.165, 1.54) is 37.1 Å². The third kappa shape index (κ3) is 2.75. The number of nitrogens with zero attached hydrogens (tertiary/aromatic N) is 2. The zero-order valence-corrected chi connectivity index (χ0v) is 13.5. The van der Waals surface area contributed by atoms with E-state index in [1.54, 1.807) is 0 Å². The van der Waals surface area contributed by atoms with Gasteiger partial charge in [-0.2, -0.15) is 0 Å². The number of likely N-dealkylation sites (tertiary alicyclic amines) is 1. The highest BCUT2D eigenvalue weighted by molar-refractivity contribution is 5.36. The number of likely N-dealkylation sites (N-methyl/N-ethyl adjacent to an activating group) is 2. The second-order valence-electron chi connectivity index (χ2n) is 6.86. The highest BCUT2D eigenvalue weighted by Crippen LogP contribution is 2.34. The summed E-state index contributed by atoms with van der Waals surface area (Å²) < 4.78 is 0. The molecule has 0 saturated carbocycles. The molecule has 1 aliphatic heterocycles. The molecule has 3 nitrogen and oxygen atoms in total. The summed E-state index contributed by atoms with van der Waals surface area (Å²) in [5.74, 6) is 0. The zero-order valence-electron chi connectivity index (χ0n) is 13.5. The first-order chi connectivity index (χ1) is 10.2. The normalized spacial score (nSPS) is 24.7. The van der Waals surface area contributed by atoms with Crippen LogP contribution in [0.1, 0.15) is 30.9 Å². The van der Waals surface area contributed by atoms with Gasteiger partial charge in [-0.15, -0.1) is 0 Å². The van der Waals surface area contributed by atoms with E-state index in [1.807, 2.05) is 0 Å². The van der Waals surface area contributed by atoms with Gasteiger partial charge >= 0.3 is 0 Å². The molecule has 0 bridgehead atoms.